The highest BCUT2D eigenvalue weighted by molar-refractivity contribution is 6.46. The summed E-state index contributed by atoms with van der Waals surface area (Å²) in [4.78, 5) is 28.6. The minimum absolute atomic E-state index is 0.0430. The molecule has 0 aliphatic carbocycles. The number of carbonyl (C=O) groups is 2. The molecule has 2 atom stereocenters. The van der Waals surface area contributed by atoms with Crippen LogP contribution in [0.3, 0.4) is 0 Å². The van der Waals surface area contributed by atoms with Crippen molar-refractivity contribution in [3.8, 4) is 17.2 Å². The predicted octanol–water partition coefficient (Wildman–Crippen LogP) is 5.86. The number of aliphatic hydroxyl groups is 1. The number of amides is 1. The number of aliphatic hydroxyl groups excluding tert-OH is 1. The van der Waals surface area contributed by atoms with E-state index < -0.39 is 17.7 Å². The third-order valence-electron chi connectivity index (χ3n) is 7.24. The molecule has 0 aromatic heterocycles. The highest BCUT2D eigenvalue weighted by Crippen LogP contribution is 2.43. The SMILES string of the molecule is CCCOc1ccc(C2/C(=C(/O)c3ccc4c(c3)CC(C)O4)C(=O)C(=O)N2CCc2ccccc2)cc1OCC. The van der Waals surface area contributed by atoms with Gasteiger partial charge in [-0.3, -0.25) is 9.59 Å². The highest BCUT2D eigenvalue weighted by Gasteiger charge is 2.46. The second-order valence-electron chi connectivity index (χ2n) is 10.2. The van der Waals surface area contributed by atoms with E-state index >= 15 is 0 Å². The molecule has 7 heteroatoms. The van der Waals surface area contributed by atoms with Crippen LogP contribution in [-0.2, 0) is 22.4 Å². The Kier molecular flexibility index (Phi) is 8.10. The Morgan fingerprint density at radius 1 is 1.00 bits per heavy atom. The Balaban J connectivity index is 1.59. The van der Waals surface area contributed by atoms with Crippen molar-refractivity contribution in [2.75, 3.05) is 19.8 Å². The van der Waals surface area contributed by atoms with Crippen molar-refractivity contribution >= 4 is 17.4 Å². The second-order valence-corrected chi connectivity index (χ2v) is 10.2. The van der Waals surface area contributed by atoms with Crippen molar-refractivity contribution in [1.82, 2.24) is 4.90 Å². The number of ketones is 1. The van der Waals surface area contributed by atoms with E-state index in [-0.39, 0.29) is 17.4 Å². The largest absolute Gasteiger partial charge is 0.507 e. The van der Waals surface area contributed by atoms with Crippen LogP contribution in [0.1, 0.15) is 55.5 Å². The van der Waals surface area contributed by atoms with E-state index in [2.05, 4.69) is 0 Å². The maximum atomic E-state index is 13.5. The third-order valence-corrected chi connectivity index (χ3v) is 7.24. The number of nitrogens with zero attached hydrogens (tertiary/aromatic N) is 1. The summed E-state index contributed by atoms with van der Waals surface area (Å²) >= 11 is 0. The molecule has 7 nitrogen and oxygen atoms in total. The number of hydrogen-bond donors (Lipinski definition) is 1. The number of Topliss-reactive ketones (excluding diaryl/α,β-unsaturated/α-hetero) is 1. The van der Waals surface area contributed by atoms with Gasteiger partial charge in [-0.15, -0.1) is 0 Å². The van der Waals surface area contributed by atoms with Crippen molar-refractivity contribution in [2.24, 2.45) is 0 Å². The summed E-state index contributed by atoms with van der Waals surface area (Å²) in [6.07, 6.45) is 2.16. The van der Waals surface area contributed by atoms with Gasteiger partial charge in [-0.1, -0.05) is 43.3 Å². The van der Waals surface area contributed by atoms with Crippen LogP contribution in [0.25, 0.3) is 5.76 Å². The number of hydrogen-bond acceptors (Lipinski definition) is 6. The molecular weight excluding hydrogens is 506 g/mol. The lowest BCUT2D eigenvalue weighted by Gasteiger charge is -2.26. The van der Waals surface area contributed by atoms with Gasteiger partial charge < -0.3 is 24.2 Å². The van der Waals surface area contributed by atoms with Crippen molar-refractivity contribution in [3.05, 3.63) is 94.6 Å². The summed E-state index contributed by atoms with van der Waals surface area (Å²) in [5, 5.41) is 11.6. The van der Waals surface area contributed by atoms with Gasteiger partial charge in [-0.25, -0.2) is 0 Å². The van der Waals surface area contributed by atoms with Gasteiger partial charge in [0.1, 0.15) is 17.6 Å². The third kappa shape index (κ3) is 5.41. The molecule has 0 saturated carbocycles. The molecule has 3 aromatic carbocycles. The molecule has 2 aliphatic heterocycles. The average molecular weight is 542 g/mol. The fraction of sp³-hybridized carbons (Fsp3) is 0.333. The Hall–Kier alpha value is -4.26. The minimum atomic E-state index is -0.786. The van der Waals surface area contributed by atoms with Crippen LogP contribution in [-0.4, -0.2) is 47.6 Å². The lowest BCUT2D eigenvalue weighted by Crippen LogP contribution is -2.31. The first-order valence-corrected chi connectivity index (χ1v) is 13.9. The number of carbonyl (C=O) groups excluding carboxylic acids is 2. The summed E-state index contributed by atoms with van der Waals surface area (Å²) in [7, 11) is 0. The normalized spacial score (nSPS) is 19.4. The Morgan fingerprint density at radius 3 is 2.55 bits per heavy atom. The first kappa shape index (κ1) is 27.3. The summed E-state index contributed by atoms with van der Waals surface area (Å²) in [5.74, 6) is 0.368. The molecule has 1 fully saturated rings. The van der Waals surface area contributed by atoms with Crippen LogP contribution in [0.5, 0.6) is 17.2 Å². The Labute approximate surface area is 235 Å². The Bertz CT molecular complexity index is 1430. The van der Waals surface area contributed by atoms with Crippen molar-refractivity contribution in [2.45, 2.75) is 52.2 Å². The smallest absolute Gasteiger partial charge is 0.295 e. The first-order valence-electron chi connectivity index (χ1n) is 13.9. The molecule has 0 radical (unpaired) electrons. The number of fused-ring (bicyclic) bond motifs is 1. The molecule has 2 aliphatic rings. The lowest BCUT2D eigenvalue weighted by molar-refractivity contribution is -0.139. The van der Waals surface area contributed by atoms with Crippen molar-refractivity contribution in [1.29, 1.82) is 0 Å². The second kappa shape index (κ2) is 11.9. The monoisotopic (exact) mass is 541 g/mol. The number of ether oxygens (including phenoxy) is 3. The Morgan fingerprint density at radius 2 is 1.80 bits per heavy atom. The average Bonchev–Trinajstić information content (AvgIpc) is 3.46. The van der Waals surface area contributed by atoms with Gasteiger partial charge in [0.2, 0.25) is 0 Å². The lowest BCUT2D eigenvalue weighted by atomic mass is 9.94. The fourth-order valence-electron chi connectivity index (χ4n) is 5.37. The quantitative estimate of drug-likeness (QED) is 0.197. The molecule has 0 spiro atoms. The maximum absolute atomic E-state index is 13.5. The molecule has 1 amide bonds. The molecule has 0 bridgehead atoms. The zero-order valence-corrected chi connectivity index (χ0v) is 23.2. The highest BCUT2D eigenvalue weighted by atomic mass is 16.5. The van der Waals surface area contributed by atoms with Crippen LogP contribution < -0.4 is 14.2 Å². The molecular formula is C33H35NO6. The van der Waals surface area contributed by atoms with E-state index in [1.807, 2.05) is 69.3 Å². The van der Waals surface area contributed by atoms with Gasteiger partial charge in [0.25, 0.3) is 11.7 Å². The van der Waals surface area contributed by atoms with Crippen molar-refractivity contribution < 1.29 is 28.9 Å². The van der Waals surface area contributed by atoms with E-state index in [9.17, 15) is 14.7 Å². The summed E-state index contributed by atoms with van der Waals surface area (Å²) in [6, 6.07) is 19.9. The fourth-order valence-corrected chi connectivity index (χ4v) is 5.37. The number of rotatable bonds is 10. The molecule has 3 aromatic rings. The summed E-state index contributed by atoms with van der Waals surface area (Å²) in [5.41, 5.74) is 3.22. The van der Waals surface area contributed by atoms with Gasteiger partial charge in [0.05, 0.1) is 24.8 Å². The van der Waals surface area contributed by atoms with E-state index in [4.69, 9.17) is 14.2 Å². The van der Waals surface area contributed by atoms with Crippen LogP contribution >= 0.6 is 0 Å². The van der Waals surface area contributed by atoms with Gasteiger partial charge >= 0.3 is 0 Å². The maximum Gasteiger partial charge on any atom is 0.295 e. The summed E-state index contributed by atoms with van der Waals surface area (Å²) in [6.45, 7) is 7.18. The van der Waals surface area contributed by atoms with E-state index in [0.29, 0.717) is 55.2 Å². The predicted molar refractivity (Wildman–Crippen MR) is 153 cm³/mol. The van der Waals surface area contributed by atoms with Crippen LogP contribution in [0.2, 0.25) is 0 Å². The van der Waals surface area contributed by atoms with Gasteiger partial charge in [-0.2, -0.15) is 0 Å². The summed E-state index contributed by atoms with van der Waals surface area (Å²) < 4.78 is 17.6. The molecule has 2 heterocycles. The zero-order chi connectivity index (χ0) is 28.2. The van der Waals surface area contributed by atoms with Crippen molar-refractivity contribution in [3.63, 3.8) is 0 Å². The van der Waals surface area contributed by atoms with E-state index in [0.717, 1.165) is 23.3 Å². The number of benzene rings is 3. The van der Waals surface area contributed by atoms with Crippen LogP contribution in [0.4, 0.5) is 0 Å². The van der Waals surface area contributed by atoms with Gasteiger partial charge in [-0.05, 0) is 73.7 Å². The number of likely N-dealkylation sites (tertiary alicyclic amines) is 1. The van der Waals surface area contributed by atoms with Crippen LogP contribution in [0.15, 0.2) is 72.3 Å². The minimum Gasteiger partial charge on any atom is -0.507 e. The molecule has 40 heavy (non-hydrogen) atoms. The molecule has 1 saturated heterocycles. The standard InChI is InChI=1S/C33H35NO6/c1-4-17-39-27-14-11-23(20-28(27)38-5-2)30-29(31(35)24-12-13-26-25(19-24)18-21(3)40-26)32(36)33(37)34(30)16-15-22-9-7-6-8-10-22/h6-14,19-21,30,35H,4-5,15-18H2,1-3H3/b31-29-. The first-order chi connectivity index (χ1) is 19.4. The molecule has 2 unspecified atom stereocenters. The van der Waals surface area contributed by atoms with Gasteiger partial charge in [0, 0.05) is 18.5 Å². The molecule has 208 valence electrons. The molecule has 5 rings (SSSR count). The van der Waals surface area contributed by atoms with Crippen LogP contribution in [0, 0.1) is 0 Å². The zero-order valence-electron chi connectivity index (χ0n) is 23.2. The topological polar surface area (TPSA) is 85.3 Å². The molecule has 1 N–H and O–H groups in total. The van der Waals surface area contributed by atoms with Gasteiger partial charge in [0.15, 0.2) is 11.5 Å². The van der Waals surface area contributed by atoms with E-state index in [1.54, 1.807) is 23.1 Å². The van der Waals surface area contributed by atoms with E-state index in [1.165, 1.54) is 0 Å².